The van der Waals surface area contributed by atoms with Crippen molar-refractivity contribution in [1.29, 1.82) is 0 Å². The smallest absolute Gasteiger partial charge is 0.337 e. The number of amides is 2. The fourth-order valence-electron chi connectivity index (χ4n) is 3.52. The molecule has 3 rings (SSSR count). The van der Waals surface area contributed by atoms with E-state index in [4.69, 9.17) is 9.47 Å². The van der Waals surface area contributed by atoms with Crippen LogP contribution in [0.25, 0.3) is 11.8 Å². The second kappa shape index (κ2) is 9.44. The summed E-state index contributed by atoms with van der Waals surface area (Å²) >= 11 is 0.798. The van der Waals surface area contributed by atoms with Crippen molar-refractivity contribution >= 4 is 40.9 Å². The van der Waals surface area contributed by atoms with E-state index in [0.29, 0.717) is 5.56 Å². The van der Waals surface area contributed by atoms with Gasteiger partial charge in [-0.05, 0) is 81.4 Å². The van der Waals surface area contributed by atoms with Gasteiger partial charge in [0.15, 0.2) is 0 Å². The van der Waals surface area contributed by atoms with Gasteiger partial charge in [-0.2, -0.15) is 0 Å². The summed E-state index contributed by atoms with van der Waals surface area (Å²) in [6, 6.07) is 7.90. The second-order valence-corrected chi connectivity index (χ2v) is 8.17. The fraction of sp³-hybridized carbons (Fsp3) is 0.304. The highest BCUT2D eigenvalue weighted by Crippen LogP contribution is 2.35. The van der Waals surface area contributed by atoms with Crippen LogP contribution in [0.1, 0.15) is 41.2 Å². The first-order chi connectivity index (χ1) is 15.2. The van der Waals surface area contributed by atoms with Gasteiger partial charge in [0.2, 0.25) is 0 Å². The number of imide groups is 1. The third-order valence-corrected chi connectivity index (χ3v) is 6.03. The highest BCUT2D eigenvalue weighted by molar-refractivity contribution is 8.18. The van der Waals surface area contributed by atoms with Gasteiger partial charge in [-0.1, -0.05) is 0 Å². The number of ether oxygens (including phenoxy) is 2. The third-order valence-electron chi connectivity index (χ3n) is 5.14. The number of thioether (sulfide) groups is 1. The topological polar surface area (TPSA) is 94.9 Å². The minimum atomic E-state index is -0.992. The number of hydrogen-bond acceptors (Lipinski definition) is 7. The predicted octanol–water partition coefficient (Wildman–Crippen LogP) is 3.87. The Morgan fingerprint density at radius 1 is 1.16 bits per heavy atom. The van der Waals surface area contributed by atoms with E-state index in [1.165, 1.54) is 14.0 Å². The van der Waals surface area contributed by atoms with Crippen molar-refractivity contribution in [2.24, 2.45) is 0 Å². The molecule has 1 aliphatic rings. The lowest BCUT2D eigenvalue weighted by atomic mass is 10.2. The molecule has 0 radical (unpaired) electrons. The molecule has 1 aromatic carbocycles. The molecule has 0 bridgehead atoms. The number of benzene rings is 1. The monoisotopic (exact) mass is 456 g/mol. The molecule has 1 atom stereocenters. The molecule has 32 heavy (non-hydrogen) atoms. The summed E-state index contributed by atoms with van der Waals surface area (Å²) in [6.45, 7) is 7.13. The van der Waals surface area contributed by atoms with Gasteiger partial charge in [0.1, 0.15) is 6.04 Å². The van der Waals surface area contributed by atoms with Gasteiger partial charge in [0.05, 0.1) is 24.2 Å². The van der Waals surface area contributed by atoms with E-state index in [1.54, 1.807) is 25.1 Å². The number of rotatable bonds is 6. The first-order valence-corrected chi connectivity index (χ1v) is 10.8. The fourth-order valence-corrected chi connectivity index (χ4v) is 4.42. The van der Waals surface area contributed by atoms with Crippen LogP contribution in [-0.2, 0) is 19.1 Å². The van der Waals surface area contributed by atoms with Gasteiger partial charge >= 0.3 is 11.9 Å². The number of carbonyl (C=O) groups excluding carboxylic acids is 4. The summed E-state index contributed by atoms with van der Waals surface area (Å²) in [5.74, 6) is -1.55. The lowest BCUT2D eigenvalue weighted by molar-refractivity contribution is -0.150. The Labute approximate surface area is 190 Å². The van der Waals surface area contributed by atoms with Gasteiger partial charge in [-0.3, -0.25) is 14.5 Å². The SMILES string of the molecule is CCOC(=O)[C@H](C)N1C(=O)S/C(=C/c2cc(C)n(-c3ccc(C(=O)OC)cc3)c2C)C1=O. The zero-order valence-corrected chi connectivity index (χ0v) is 19.3. The molecule has 1 aromatic heterocycles. The van der Waals surface area contributed by atoms with Crippen LogP contribution in [0.5, 0.6) is 0 Å². The molecule has 1 fully saturated rings. The van der Waals surface area contributed by atoms with Crippen molar-refractivity contribution in [1.82, 2.24) is 9.47 Å². The molecule has 0 N–H and O–H groups in total. The molecule has 168 valence electrons. The maximum Gasteiger partial charge on any atom is 0.337 e. The number of esters is 2. The number of aryl methyl sites for hydroxylation is 1. The number of hydrogen-bond donors (Lipinski definition) is 0. The summed E-state index contributed by atoms with van der Waals surface area (Å²) in [6.07, 6.45) is 1.66. The standard InChI is InChI=1S/C23H24N2O6S/c1-6-31-21(27)15(4)25-20(26)19(32-23(25)29)12-17-11-13(2)24(14(17)3)18-9-7-16(8-10-18)22(28)30-5/h7-12,15H,6H2,1-5H3/b19-12+/t15-/m0/s1. The second-order valence-electron chi connectivity index (χ2n) is 7.18. The maximum absolute atomic E-state index is 12.8. The number of aromatic nitrogens is 1. The van der Waals surface area contributed by atoms with E-state index in [2.05, 4.69) is 0 Å². The Morgan fingerprint density at radius 2 is 1.81 bits per heavy atom. The molecular formula is C23H24N2O6S. The minimum Gasteiger partial charge on any atom is -0.465 e. The number of carbonyl (C=O) groups is 4. The van der Waals surface area contributed by atoms with Crippen molar-refractivity contribution in [3.63, 3.8) is 0 Å². The van der Waals surface area contributed by atoms with Crippen molar-refractivity contribution in [3.8, 4) is 5.69 Å². The number of nitrogens with zero attached hydrogens (tertiary/aromatic N) is 2. The Bertz CT molecular complexity index is 1120. The van der Waals surface area contributed by atoms with Crippen molar-refractivity contribution < 1.29 is 28.7 Å². The quantitative estimate of drug-likeness (QED) is 0.481. The van der Waals surface area contributed by atoms with Crippen LogP contribution in [-0.4, -0.2) is 52.3 Å². The average Bonchev–Trinajstić information content (AvgIpc) is 3.21. The van der Waals surface area contributed by atoms with Crippen LogP contribution in [0.15, 0.2) is 35.2 Å². The van der Waals surface area contributed by atoms with Gasteiger partial charge in [0.25, 0.3) is 11.1 Å². The van der Waals surface area contributed by atoms with Crippen molar-refractivity contribution in [2.45, 2.75) is 33.7 Å². The predicted molar refractivity (Wildman–Crippen MR) is 120 cm³/mol. The molecule has 2 aromatic rings. The lowest BCUT2D eigenvalue weighted by Gasteiger charge is -2.19. The normalized spacial score (nSPS) is 15.9. The highest BCUT2D eigenvalue weighted by Gasteiger charge is 2.41. The van der Waals surface area contributed by atoms with Gasteiger partial charge in [0, 0.05) is 17.1 Å². The van der Waals surface area contributed by atoms with E-state index in [1.807, 2.05) is 36.6 Å². The molecule has 0 saturated carbocycles. The zero-order chi connectivity index (χ0) is 23.6. The van der Waals surface area contributed by atoms with Crippen LogP contribution in [0.3, 0.4) is 0 Å². The van der Waals surface area contributed by atoms with E-state index in [9.17, 15) is 19.2 Å². The van der Waals surface area contributed by atoms with Crippen LogP contribution in [0, 0.1) is 13.8 Å². The molecule has 0 spiro atoms. The first kappa shape index (κ1) is 23.3. The summed E-state index contributed by atoms with van der Waals surface area (Å²) in [4.78, 5) is 50.1. The first-order valence-electron chi connectivity index (χ1n) is 10.0. The summed E-state index contributed by atoms with van der Waals surface area (Å²) in [5, 5.41) is -0.506. The van der Waals surface area contributed by atoms with E-state index < -0.39 is 29.1 Å². The molecule has 1 saturated heterocycles. The average molecular weight is 457 g/mol. The number of methoxy groups -OCH3 is 1. The Kier molecular flexibility index (Phi) is 6.88. The molecule has 0 unspecified atom stereocenters. The Balaban J connectivity index is 1.90. The van der Waals surface area contributed by atoms with Crippen LogP contribution in [0.4, 0.5) is 4.79 Å². The van der Waals surface area contributed by atoms with Crippen LogP contribution in [0.2, 0.25) is 0 Å². The van der Waals surface area contributed by atoms with Crippen molar-refractivity contribution in [2.75, 3.05) is 13.7 Å². The largest absolute Gasteiger partial charge is 0.465 e. The van der Waals surface area contributed by atoms with E-state index in [-0.39, 0.29) is 11.5 Å². The van der Waals surface area contributed by atoms with Crippen molar-refractivity contribution in [3.05, 3.63) is 57.8 Å². The third kappa shape index (κ3) is 4.34. The van der Waals surface area contributed by atoms with E-state index in [0.717, 1.165) is 39.3 Å². The molecule has 0 aliphatic carbocycles. The maximum atomic E-state index is 12.8. The molecule has 2 amide bonds. The zero-order valence-electron chi connectivity index (χ0n) is 18.5. The molecule has 2 heterocycles. The van der Waals surface area contributed by atoms with E-state index >= 15 is 0 Å². The van der Waals surface area contributed by atoms with Gasteiger partial charge < -0.3 is 14.0 Å². The van der Waals surface area contributed by atoms with Crippen LogP contribution < -0.4 is 0 Å². The molecule has 9 heteroatoms. The van der Waals surface area contributed by atoms with Gasteiger partial charge in [-0.15, -0.1) is 0 Å². The molecule has 8 nitrogen and oxygen atoms in total. The lowest BCUT2D eigenvalue weighted by Crippen LogP contribution is -2.42. The molecular weight excluding hydrogens is 432 g/mol. The summed E-state index contributed by atoms with van der Waals surface area (Å²) in [5.41, 5.74) is 3.84. The highest BCUT2D eigenvalue weighted by atomic mass is 32.2. The minimum absolute atomic E-state index is 0.168. The van der Waals surface area contributed by atoms with Gasteiger partial charge in [-0.25, -0.2) is 9.59 Å². The Hall–Kier alpha value is -3.33. The summed E-state index contributed by atoms with van der Waals surface area (Å²) < 4.78 is 11.7. The Morgan fingerprint density at radius 3 is 2.41 bits per heavy atom. The molecule has 1 aliphatic heterocycles. The summed E-state index contributed by atoms with van der Waals surface area (Å²) in [7, 11) is 1.33. The van der Waals surface area contributed by atoms with Crippen LogP contribution >= 0.6 is 11.8 Å².